The number of ether oxygens (including phenoxy) is 1. The van der Waals surface area contributed by atoms with E-state index in [0.717, 1.165) is 24.3 Å². The number of nitrogens with one attached hydrogen (secondary N) is 3. The van der Waals surface area contributed by atoms with Crippen molar-refractivity contribution >= 4 is 36.0 Å². The van der Waals surface area contributed by atoms with E-state index in [0.29, 0.717) is 25.0 Å². The van der Waals surface area contributed by atoms with Gasteiger partial charge < -0.3 is 25.2 Å². The summed E-state index contributed by atoms with van der Waals surface area (Å²) >= 11 is 0. The molecule has 0 fully saturated rings. The van der Waals surface area contributed by atoms with Crippen LogP contribution in [0.3, 0.4) is 0 Å². The largest absolute Gasteiger partial charge is 0.444 e. The van der Waals surface area contributed by atoms with Crippen LogP contribution in [0.4, 0.5) is 4.79 Å². The maximum Gasteiger partial charge on any atom is 0.408 e. The van der Waals surface area contributed by atoms with Gasteiger partial charge in [0, 0.05) is 19.7 Å². The zero-order valence-corrected chi connectivity index (χ0v) is 21.3. The summed E-state index contributed by atoms with van der Waals surface area (Å²) in [6.45, 7) is 14.8. The molecule has 0 atom stereocenters. The Hall–Kier alpha value is -1.52. The van der Waals surface area contributed by atoms with Gasteiger partial charge in [-0.15, -0.1) is 24.0 Å². The molecule has 0 saturated heterocycles. The lowest BCUT2D eigenvalue weighted by molar-refractivity contribution is 0.0448. The van der Waals surface area contributed by atoms with Crippen molar-refractivity contribution in [2.45, 2.75) is 84.9 Å². The van der Waals surface area contributed by atoms with E-state index in [2.05, 4.69) is 39.9 Å². The second kappa shape index (κ2) is 12.2. The number of halogens is 1. The Morgan fingerprint density at radius 1 is 1.24 bits per heavy atom. The van der Waals surface area contributed by atoms with Gasteiger partial charge in [-0.1, -0.05) is 32.9 Å². The summed E-state index contributed by atoms with van der Waals surface area (Å²) in [6, 6.07) is 1.94. The number of alkyl carbamates (subject to hydrolysis) is 1. The molecular weight excluding hydrogens is 485 g/mol. The van der Waals surface area contributed by atoms with Crippen LogP contribution in [0.25, 0.3) is 0 Å². The molecule has 0 bridgehead atoms. The fourth-order valence-corrected chi connectivity index (χ4v) is 2.57. The quantitative estimate of drug-likeness (QED) is 0.269. The highest BCUT2D eigenvalue weighted by Gasteiger charge is 2.30. The van der Waals surface area contributed by atoms with E-state index in [1.807, 2.05) is 40.7 Å². The summed E-state index contributed by atoms with van der Waals surface area (Å²) in [4.78, 5) is 16.5. The van der Waals surface area contributed by atoms with E-state index >= 15 is 0 Å². The Morgan fingerprint density at radius 2 is 1.86 bits per heavy atom. The molecule has 0 aliphatic carbocycles. The maximum absolute atomic E-state index is 12.2. The lowest BCUT2D eigenvalue weighted by Gasteiger charge is -2.34. The molecule has 0 aromatic carbocycles. The Balaban J connectivity index is 0.00000784. The zero-order chi connectivity index (χ0) is 21.4. The molecule has 0 saturated carbocycles. The summed E-state index contributed by atoms with van der Waals surface area (Å²) in [5.74, 6) is 1.69. The highest BCUT2D eigenvalue weighted by Crippen LogP contribution is 2.16. The maximum atomic E-state index is 12.2. The molecule has 1 aromatic rings. The van der Waals surface area contributed by atoms with E-state index in [9.17, 15) is 4.79 Å². The van der Waals surface area contributed by atoms with Gasteiger partial charge in [-0.2, -0.15) is 0 Å². The standard InChI is InChI=1S/C20H37N5O3.HI/c1-9-20(10-2,24-18(26)27-19(5,6)7)13-23-17(21-8)22-12-15-11-16(14(3)4)25-28-15;/h11,14H,9-10,12-13H2,1-8H3,(H,24,26)(H2,21,22,23);1H. The predicted octanol–water partition coefficient (Wildman–Crippen LogP) is 4.16. The van der Waals surface area contributed by atoms with Gasteiger partial charge in [0.25, 0.3) is 0 Å². The molecule has 29 heavy (non-hydrogen) atoms. The van der Waals surface area contributed by atoms with Crippen molar-refractivity contribution in [1.29, 1.82) is 0 Å². The van der Waals surface area contributed by atoms with Gasteiger partial charge in [-0.25, -0.2) is 4.79 Å². The fourth-order valence-electron chi connectivity index (χ4n) is 2.57. The Kier molecular flexibility index (Phi) is 11.6. The molecule has 8 nitrogen and oxygen atoms in total. The van der Waals surface area contributed by atoms with Crippen molar-refractivity contribution in [3.63, 3.8) is 0 Å². The van der Waals surface area contributed by atoms with Crippen LogP contribution in [0, 0.1) is 0 Å². The lowest BCUT2D eigenvalue weighted by atomic mass is 9.93. The summed E-state index contributed by atoms with van der Waals surface area (Å²) in [5, 5.41) is 13.6. The minimum atomic E-state index is -0.533. The minimum Gasteiger partial charge on any atom is -0.444 e. The van der Waals surface area contributed by atoms with Crippen LogP contribution in [-0.2, 0) is 11.3 Å². The van der Waals surface area contributed by atoms with E-state index in [1.54, 1.807) is 7.05 Å². The second-order valence-electron chi connectivity index (χ2n) is 8.27. The first-order valence-corrected chi connectivity index (χ1v) is 9.95. The van der Waals surface area contributed by atoms with Crippen molar-refractivity contribution in [1.82, 2.24) is 21.1 Å². The molecule has 0 aliphatic rings. The number of amides is 1. The van der Waals surface area contributed by atoms with Crippen LogP contribution >= 0.6 is 24.0 Å². The summed E-state index contributed by atoms with van der Waals surface area (Å²) in [7, 11) is 1.70. The monoisotopic (exact) mass is 523 g/mol. The van der Waals surface area contributed by atoms with Crippen molar-refractivity contribution < 1.29 is 14.1 Å². The first-order valence-electron chi connectivity index (χ1n) is 9.95. The van der Waals surface area contributed by atoms with Crippen LogP contribution in [0.1, 0.15) is 78.7 Å². The zero-order valence-electron chi connectivity index (χ0n) is 19.0. The number of rotatable bonds is 8. The molecule has 0 aliphatic heterocycles. The van der Waals surface area contributed by atoms with E-state index < -0.39 is 17.2 Å². The summed E-state index contributed by atoms with van der Waals surface area (Å²) in [5.41, 5.74) is -0.0390. The predicted molar refractivity (Wildman–Crippen MR) is 127 cm³/mol. The summed E-state index contributed by atoms with van der Waals surface area (Å²) < 4.78 is 10.8. The molecular formula is C20H38IN5O3. The number of nitrogens with zero attached hydrogens (tertiary/aromatic N) is 2. The number of carbonyl (C=O) groups excluding carboxylic acids is 1. The number of carbonyl (C=O) groups is 1. The molecule has 168 valence electrons. The van der Waals surface area contributed by atoms with Crippen molar-refractivity contribution in [2.24, 2.45) is 4.99 Å². The third-order valence-electron chi connectivity index (χ3n) is 4.54. The number of hydrogen-bond donors (Lipinski definition) is 3. The molecule has 0 radical (unpaired) electrons. The fraction of sp³-hybridized carbons (Fsp3) is 0.750. The molecule has 0 unspecified atom stereocenters. The highest BCUT2D eigenvalue weighted by molar-refractivity contribution is 14.0. The van der Waals surface area contributed by atoms with E-state index in [4.69, 9.17) is 9.26 Å². The molecule has 3 N–H and O–H groups in total. The summed E-state index contributed by atoms with van der Waals surface area (Å²) in [6.07, 6.45) is 1.10. The Labute approximate surface area is 192 Å². The van der Waals surface area contributed by atoms with Crippen LogP contribution < -0.4 is 16.0 Å². The first-order chi connectivity index (χ1) is 13.0. The number of aliphatic imine (C=N–C) groups is 1. The molecule has 1 heterocycles. The molecule has 1 rings (SSSR count). The van der Waals surface area contributed by atoms with Gasteiger partial charge >= 0.3 is 6.09 Å². The third kappa shape index (κ3) is 9.68. The van der Waals surface area contributed by atoms with Crippen LogP contribution in [0.5, 0.6) is 0 Å². The van der Waals surface area contributed by atoms with Crippen LogP contribution in [0.15, 0.2) is 15.6 Å². The van der Waals surface area contributed by atoms with Gasteiger partial charge in [0.15, 0.2) is 11.7 Å². The topological polar surface area (TPSA) is 101 Å². The number of aromatic nitrogens is 1. The number of hydrogen-bond acceptors (Lipinski definition) is 5. The van der Waals surface area contributed by atoms with Crippen molar-refractivity contribution in [3.8, 4) is 0 Å². The van der Waals surface area contributed by atoms with Gasteiger partial charge in [0.1, 0.15) is 5.60 Å². The van der Waals surface area contributed by atoms with Gasteiger partial charge in [0.2, 0.25) is 0 Å². The second-order valence-corrected chi connectivity index (χ2v) is 8.27. The molecule has 1 aromatic heterocycles. The minimum absolute atomic E-state index is 0. The van der Waals surface area contributed by atoms with Crippen molar-refractivity contribution in [2.75, 3.05) is 13.6 Å². The lowest BCUT2D eigenvalue weighted by Crippen LogP contribution is -2.57. The highest BCUT2D eigenvalue weighted by atomic mass is 127. The molecule has 0 spiro atoms. The van der Waals surface area contributed by atoms with Crippen LogP contribution in [0.2, 0.25) is 0 Å². The van der Waals surface area contributed by atoms with E-state index in [-0.39, 0.29) is 24.0 Å². The first kappa shape index (κ1) is 27.5. The van der Waals surface area contributed by atoms with Crippen LogP contribution in [-0.4, -0.2) is 41.9 Å². The van der Waals surface area contributed by atoms with Gasteiger partial charge in [-0.05, 0) is 39.5 Å². The Bertz CT molecular complexity index is 649. The SMILES string of the molecule is CCC(CC)(CNC(=NC)NCc1cc(C(C)C)no1)NC(=O)OC(C)(C)C.I. The van der Waals surface area contributed by atoms with Crippen molar-refractivity contribution in [3.05, 3.63) is 17.5 Å². The van der Waals surface area contributed by atoms with Gasteiger partial charge in [-0.3, -0.25) is 4.99 Å². The Morgan fingerprint density at radius 3 is 2.31 bits per heavy atom. The average molecular weight is 523 g/mol. The van der Waals surface area contributed by atoms with Gasteiger partial charge in [0.05, 0.1) is 17.8 Å². The normalized spacial score (nSPS) is 12.4. The molecule has 9 heteroatoms. The average Bonchev–Trinajstić information content (AvgIpc) is 3.08. The number of guanidine groups is 1. The smallest absolute Gasteiger partial charge is 0.408 e. The third-order valence-corrected chi connectivity index (χ3v) is 4.54. The molecule has 1 amide bonds. The van der Waals surface area contributed by atoms with E-state index in [1.165, 1.54) is 0 Å².